The third-order valence-corrected chi connectivity index (χ3v) is 5.50. The molecule has 126 valence electrons. The lowest BCUT2D eigenvalue weighted by atomic mass is 9.99. The van der Waals surface area contributed by atoms with Crippen molar-refractivity contribution < 1.29 is 27.5 Å². The first-order valence-electron chi connectivity index (χ1n) is 7.06. The third kappa shape index (κ3) is 4.26. The van der Waals surface area contributed by atoms with E-state index in [2.05, 4.69) is 5.32 Å². The molecule has 0 spiro atoms. The van der Waals surface area contributed by atoms with Crippen molar-refractivity contribution in [2.75, 3.05) is 19.6 Å². The van der Waals surface area contributed by atoms with Gasteiger partial charge in [0, 0.05) is 13.1 Å². The maximum absolute atomic E-state index is 12.9. The number of carboxylic acid groups (broad SMARTS) is 1. The van der Waals surface area contributed by atoms with Crippen LogP contribution in [0.3, 0.4) is 0 Å². The Kier molecular flexibility index (Phi) is 5.32. The average Bonchev–Trinajstić information content (AvgIpc) is 2.53. The van der Waals surface area contributed by atoms with Crippen molar-refractivity contribution in [3.05, 3.63) is 30.1 Å². The Balaban J connectivity index is 2.09. The van der Waals surface area contributed by atoms with Gasteiger partial charge in [-0.15, -0.1) is 0 Å². The molecular weight excluding hydrogens is 327 g/mol. The number of carboxylic acids is 1. The lowest BCUT2D eigenvalue weighted by Gasteiger charge is -2.31. The zero-order valence-corrected chi connectivity index (χ0v) is 13.1. The first kappa shape index (κ1) is 17.4. The highest BCUT2D eigenvalue weighted by Gasteiger charge is 2.33. The van der Waals surface area contributed by atoms with E-state index in [1.54, 1.807) is 0 Å². The first-order chi connectivity index (χ1) is 10.8. The molecule has 1 atom stereocenters. The first-order valence-corrected chi connectivity index (χ1v) is 8.50. The van der Waals surface area contributed by atoms with Crippen molar-refractivity contribution >= 4 is 21.9 Å². The predicted octanol–water partition coefficient (Wildman–Crippen LogP) is 0.427. The van der Waals surface area contributed by atoms with Crippen molar-refractivity contribution in [2.45, 2.75) is 17.7 Å². The fourth-order valence-electron chi connectivity index (χ4n) is 2.44. The summed E-state index contributed by atoms with van der Waals surface area (Å²) < 4.78 is 39.1. The van der Waals surface area contributed by atoms with E-state index in [1.165, 1.54) is 16.4 Å². The van der Waals surface area contributed by atoms with E-state index in [-0.39, 0.29) is 18.0 Å². The summed E-state index contributed by atoms with van der Waals surface area (Å²) >= 11 is 0. The lowest BCUT2D eigenvalue weighted by Crippen LogP contribution is -2.46. The van der Waals surface area contributed by atoms with Crippen LogP contribution in [0.15, 0.2) is 29.2 Å². The van der Waals surface area contributed by atoms with Gasteiger partial charge in [-0.2, -0.15) is 4.31 Å². The van der Waals surface area contributed by atoms with E-state index in [9.17, 15) is 22.4 Å². The fraction of sp³-hybridized carbons (Fsp3) is 0.429. The highest BCUT2D eigenvalue weighted by Crippen LogP contribution is 2.24. The molecular formula is C14H17FN2O5S. The average molecular weight is 344 g/mol. The number of carbonyl (C=O) groups excluding carboxylic acids is 1. The SMILES string of the molecule is O=C(O)CNC(=O)[C@@H]1CCCN(S(=O)(=O)c2ccc(F)cc2)C1. The molecule has 0 aromatic heterocycles. The smallest absolute Gasteiger partial charge is 0.322 e. The van der Waals surface area contributed by atoms with Gasteiger partial charge in [-0.05, 0) is 37.1 Å². The zero-order valence-electron chi connectivity index (χ0n) is 12.2. The zero-order chi connectivity index (χ0) is 17.0. The van der Waals surface area contributed by atoms with Crippen molar-refractivity contribution in [3.63, 3.8) is 0 Å². The Labute approximate surface area is 133 Å². The number of rotatable bonds is 5. The van der Waals surface area contributed by atoms with Crippen molar-refractivity contribution in [1.82, 2.24) is 9.62 Å². The number of hydrogen-bond acceptors (Lipinski definition) is 4. The molecule has 0 aliphatic carbocycles. The van der Waals surface area contributed by atoms with Crippen LogP contribution in [0.4, 0.5) is 4.39 Å². The summed E-state index contributed by atoms with van der Waals surface area (Å²) in [4.78, 5) is 22.3. The summed E-state index contributed by atoms with van der Waals surface area (Å²) in [5.41, 5.74) is 0. The van der Waals surface area contributed by atoms with Crippen LogP contribution in [0.2, 0.25) is 0 Å². The Morgan fingerprint density at radius 1 is 1.30 bits per heavy atom. The second-order valence-electron chi connectivity index (χ2n) is 5.27. The van der Waals surface area contributed by atoms with Gasteiger partial charge in [0.2, 0.25) is 15.9 Å². The molecule has 0 saturated carbocycles. The molecule has 1 fully saturated rings. The van der Waals surface area contributed by atoms with Crippen LogP contribution in [0.5, 0.6) is 0 Å². The Morgan fingerprint density at radius 2 is 1.96 bits per heavy atom. The molecule has 1 amide bonds. The number of amides is 1. The van der Waals surface area contributed by atoms with Crippen LogP contribution in [-0.4, -0.2) is 49.3 Å². The van der Waals surface area contributed by atoms with Crippen LogP contribution in [0.1, 0.15) is 12.8 Å². The van der Waals surface area contributed by atoms with Crippen LogP contribution < -0.4 is 5.32 Å². The minimum absolute atomic E-state index is 0.0227. The van der Waals surface area contributed by atoms with Crippen molar-refractivity contribution in [1.29, 1.82) is 0 Å². The fourth-order valence-corrected chi connectivity index (χ4v) is 3.96. The summed E-state index contributed by atoms with van der Waals surface area (Å²) in [6, 6.07) is 4.49. The quantitative estimate of drug-likeness (QED) is 0.806. The lowest BCUT2D eigenvalue weighted by molar-refractivity contribution is -0.138. The minimum Gasteiger partial charge on any atom is -0.480 e. The molecule has 23 heavy (non-hydrogen) atoms. The number of piperidine rings is 1. The van der Waals surface area contributed by atoms with Gasteiger partial charge in [0.15, 0.2) is 0 Å². The van der Waals surface area contributed by atoms with E-state index >= 15 is 0 Å². The number of carbonyl (C=O) groups is 2. The molecule has 0 unspecified atom stereocenters. The van der Waals surface area contributed by atoms with Gasteiger partial charge in [-0.1, -0.05) is 0 Å². The molecule has 0 bridgehead atoms. The van der Waals surface area contributed by atoms with Gasteiger partial charge >= 0.3 is 5.97 Å². The van der Waals surface area contributed by atoms with E-state index < -0.39 is 40.2 Å². The molecule has 1 aliphatic rings. The van der Waals surface area contributed by atoms with E-state index in [0.29, 0.717) is 12.8 Å². The van der Waals surface area contributed by atoms with Crippen LogP contribution in [-0.2, 0) is 19.6 Å². The van der Waals surface area contributed by atoms with Gasteiger partial charge < -0.3 is 10.4 Å². The Bertz CT molecular complexity index is 690. The number of nitrogens with one attached hydrogen (secondary N) is 1. The topological polar surface area (TPSA) is 104 Å². The van der Waals surface area contributed by atoms with Gasteiger partial charge in [0.05, 0.1) is 10.8 Å². The third-order valence-electron chi connectivity index (χ3n) is 3.62. The maximum Gasteiger partial charge on any atom is 0.322 e. The van der Waals surface area contributed by atoms with Gasteiger partial charge in [0.25, 0.3) is 0 Å². The van der Waals surface area contributed by atoms with Gasteiger partial charge in [-0.25, -0.2) is 12.8 Å². The van der Waals surface area contributed by atoms with Crippen LogP contribution in [0.25, 0.3) is 0 Å². The normalized spacial score (nSPS) is 19.3. The van der Waals surface area contributed by atoms with E-state index in [0.717, 1.165) is 12.1 Å². The number of benzene rings is 1. The summed E-state index contributed by atoms with van der Waals surface area (Å²) in [6.07, 6.45) is 0.979. The molecule has 1 aromatic rings. The molecule has 1 aliphatic heterocycles. The molecule has 2 rings (SSSR count). The number of hydrogen-bond donors (Lipinski definition) is 2. The van der Waals surface area contributed by atoms with Gasteiger partial charge in [-0.3, -0.25) is 9.59 Å². The molecule has 9 heteroatoms. The Morgan fingerprint density at radius 3 is 2.57 bits per heavy atom. The van der Waals surface area contributed by atoms with Crippen LogP contribution >= 0.6 is 0 Å². The maximum atomic E-state index is 12.9. The standard InChI is InChI=1S/C14H17FN2O5S/c15-11-3-5-12(6-4-11)23(21,22)17-7-1-2-10(9-17)14(20)16-8-13(18)19/h3-6,10H,1-2,7-9H2,(H,16,20)(H,18,19)/t10-/m1/s1. The molecule has 1 aromatic carbocycles. The molecule has 1 heterocycles. The second-order valence-corrected chi connectivity index (χ2v) is 7.21. The van der Waals surface area contributed by atoms with Crippen LogP contribution in [0, 0.1) is 11.7 Å². The monoisotopic (exact) mass is 344 g/mol. The second kappa shape index (κ2) is 7.05. The summed E-state index contributed by atoms with van der Waals surface area (Å²) in [7, 11) is -3.81. The van der Waals surface area contributed by atoms with E-state index in [4.69, 9.17) is 5.11 Å². The molecule has 7 nitrogen and oxygen atoms in total. The number of nitrogens with zero attached hydrogens (tertiary/aromatic N) is 1. The minimum atomic E-state index is -3.81. The highest BCUT2D eigenvalue weighted by molar-refractivity contribution is 7.89. The number of aliphatic carboxylic acids is 1. The summed E-state index contributed by atoms with van der Waals surface area (Å²) in [5, 5.41) is 10.8. The summed E-state index contributed by atoms with van der Waals surface area (Å²) in [5.74, 6) is -2.77. The molecule has 0 radical (unpaired) electrons. The predicted molar refractivity (Wildman–Crippen MR) is 78.5 cm³/mol. The summed E-state index contributed by atoms with van der Waals surface area (Å²) in [6.45, 7) is -0.256. The Hall–Kier alpha value is -2.00. The van der Waals surface area contributed by atoms with Crippen molar-refractivity contribution in [2.24, 2.45) is 5.92 Å². The number of sulfonamides is 1. The molecule has 1 saturated heterocycles. The van der Waals surface area contributed by atoms with Gasteiger partial charge in [0.1, 0.15) is 12.4 Å². The number of halogens is 1. The highest BCUT2D eigenvalue weighted by atomic mass is 32.2. The largest absolute Gasteiger partial charge is 0.480 e. The van der Waals surface area contributed by atoms with E-state index in [1.807, 2.05) is 0 Å². The molecule has 2 N–H and O–H groups in total. The van der Waals surface area contributed by atoms with Crippen molar-refractivity contribution in [3.8, 4) is 0 Å².